The molecule has 5 nitrogen and oxygen atoms in total. The maximum Gasteiger partial charge on any atom is 0.342 e. The lowest BCUT2D eigenvalue weighted by atomic mass is 9.81. The second kappa shape index (κ2) is 7.16. The van der Waals surface area contributed by atoms with Crippen molar-refractivity contribution in [1.29, 1.82) is 0 Å². The van der Waals surface area contributed by atoms with E-state index in [9.17, 15) is 9.59 Å². The predicted molar refractivity (Wildman–Crippen MR) is 106 cm³/mol. The van der Waals surface area contributed by atoms with Crippen LogP contribution in [0.5, 0.6) is 0 Å². The number of imide groups is 1. The molecule has 0 saturated heterocycles. The number of carbonyl (C=O) groups is 2. The van der Waals surface area contributed by atoms with Gasteiger partial charge < -0.3 is 4.90 Å². The normalized spacial score (nSPS) is 19.4. The first-order valence-corrected chi connectivity index (χ1v) is 9.37. The highest BCUT2D eigenvalue weighted by atomic mass is 16.2. The van der Waals surface area contributed by atoms with Gasteiger partial charge in [0.15, 0.2) is 0 Å². The molecule has 1 heterocycles. The highest BCUT2D eigenvalue weighted by Crippen LogP contribution is 2.36. The van der Waals surface area contributed by atoms with Gasteiger partial charge in [-0.25, -0.2) is 10.2 Å². The summed E-state index contributed by atoms with van der Waals surface area (Å²) in [5.41, 5.74) is 4.94. The van der Waals surface area contributed by atoms with E-state index in [4.69, 9.17) is 0 Å². The van der Waals surface area contributed by atoms with E-state index in [1.54, 1.807) is 11.0 Å². The lowest BCUT2D eigenvalue weighted by Gasteiger charge is -2.44. The number of hydrazine groups is 1. The summed E-state index contributed by atoms with van der Waals surface area (Å²) in [7, 11) is 0. The van der Waals surface area contributed by atoms with E-state index >= 15 is 0 Å². The van der Waals surface area contributed by atoms with Crippen molar-refractivity contribution in [3.8, 4) is 0 Å². The Balaban J connectivity index is 2.12. The Morgan fingerprint density at radius 3 is 2.11 bits per heavy atom. The number of hydrogen-bond acceptors (Lipinski definition) is 3. The van der Waals surface area contributed by atoms with Crippen LogP contribution in [0.2, 0.25) is 0 Å². The minimum atomic E-state index is -0.693. The molecule has 1 N–H and O–H groups in total. The molecule has 2 aromatic rings. The topological polar surface area (TPSA) is 52.7 Å². The molecule has 0 radical (unpaired) electrons. The molecule has 2 aromatic carbocycles. The van der Waals surface area contributed by atoms with Crippen molar-refractivity contribution < 1.29 is 9.59 Å². The van der Waals surface area contributed by atoms with E-state index in [0.29, 0.717) is 5.56 Å². The van der Waals surface area contributed by atoms with E-state index < -0.39 is 5.54 Å². The molecule has 0 bridgehead atoms. The molecule has 0 saturated carbocycles. The number of hydrogen-bond donors (Lipinski definition) is 1. The molecule has 3 rings (SSSR count). The van der Waals surface area contributed by atoms with Crippen molar-refractivity contribution in [3.63, 3.8) is 0 Å². The number of rotatable bonds is 3. The van der Waals surface area contributed by atoms with Crippen molar-refractivity contribution in [2.75, 3.05) is 0 Å². The number of nitrogens with one attached hydrogen (secondary N) is 1. The Morgan fingerprint density at radius 1 is 0.963 bits per heavy atom. The average Bonchev–Trinajstić information content (AvgIpc) is 2.65. The number of carbonyl (C=O) groups excluding carboxylic acids is 2. The summed E-state index contributed by atoms with van der Waals surface area (Å²) < 4.78 is 0. The van der Waals surface area contributed by atoms with Gasteiger partial charge in [0, 0.05) is 17.6 Å². The number of urea groups is 1. The van der Waals surface area contributed by atoms with Crippen LogP contribution in [-0.4, -0.2) is 33.9 Å². The third-order valence-corrected chi connectivity index (χ3v) is 5.11. The molecule has 1 unspecified atom stereocenters. The van der Waals surface area contributed by atoms with Crippen LogP contribution in [0, 0.1) is 0 Å². The van der Waals surface area contributed by atoms with Crippen LogP contribution in [-0.2, 0) is 5.54 Å². The molecule has 0 fully saturated rings. The second-order valence-corrected chi connectivity index (χ2v) is 7.67. The van der Waals surface area contributed by atoms with Gasteiger partial charge in [-0.15, -0.1) is 0 Å². The van der Waals surface area contributed by atoms with Crippen LogP contribution in [0.25, 0.3) is 0 Å². The van der Waals surface area contributed by atoms with Gasteiger partial charge in [-0.1, -0.05) is 48.5 Å². The Morgan fingerprint density at radius 2 is 1.52 bits per heavy atom. The van der Waals surface area contributed by atoms with Crippen molar-refractivity contribution in [2.45, 2.75) is 52.2 Å². The number of amides is 3. The Kier molecular flexibility index (Phi) is 5.07. The molecule has 0 aromatic heterocycles. The van der Waals surface area contributed by atoms with E-state index in [1.165, 1.54) is 5.01 Å². The Labute approximate surface area is 160 Å². The number of nitrogens with zero attached hydrogens (tertiary/aromatic N) is 2. The molecular weight excluding hydrogens is 338 g/mol. The molecule has 0 aliphatic carbocycles. The molecule has 1 aliphatic heterocycles. The van der Waals surface area contributed by atoms with Crippen LogP contribution in [0.4, 0.5) is 4.79 Å². The van der Waals surface area contributed by atoms with Gasteiger partial charge in [-0.3, -0.25) is 4.79 Å². The number of fused-ring (bicyclic) bond motifs is 1. The van der Waals surface area contributed by atoms with E-state index in [-0.39, 0.29) is 24.0 Å². The van der Waals surface area contributed by atoms with Crippen molar-refractivity contribution in [2.24, 2.45) is 0 Å². The summed E-state index contributed by atoms with van der Waals surface area (Å²) in [5.74, 6) is -0.324. The molecule has 1 aliphatic rings. The van der Waals surface area contributed by atoms with Gasteiger partial charge in [-0.05, 0) is 51.8 Å². The zero-order chi connectivity index (χ0) is 19.8. The minimum Gasteiger partial charge on any atom is -0.318 e. The smallest absolute Gasteiger partial charge is 0.318 e. The van der Waals surface area contributed by atoms with Gasteiger partial charge in [0.05, 0.1) is 5.54 Å². The van der Waals surface area contributed by atoms with Crippen molar-refractivity contribution in [3.05, 3.63) is 71.3 Å². The zero-order valence-electron chi connectivity index (χ0n) is 16.6. The summed E-state index contributed by atoms with van der Waals surface area (Å²) >= 11 is 0. The molecule has 0 spiro atoms. The van der Waals surface area contributed by atoms with Crippen molar-refractivity contribution >= 4 is 11.9 Å². The monoisotopic (exact) mass is 365 g/mol. The molecule has 27 heavy (non-hydrogen) atoms. The zero-order valence-corrected chi connectivity index (χ0v) is 16.6. The van der Waals surface area contributed by atoms with Gasteiger partial charge in [0.25, 0.3) is 5.91 Å². The molecule has 1 atom stereocenters. The average molecular weight is 365 g/mol. The molecule has 5 heteroatoms. The van der Waals surface area contributed by atoms with E-state index in [1.807, 2.05) is 83.1 Å². The van der Waals surface area contributed by atoms with E-state index in [2.05, 4.69) is 5.43 Å². The first-order valence-electron chi connectivity index (χ1n) is 9.37. The fourth-order valence-electron chi connectivity index (χ4n) is 3.84. The standard InChI is InChI=1S/C22H27N3O2/c1-15(2)24(16(3)4)21(27)25-20(26)18-13-9-10-14-19(18)22(5,23-25)17-11-7-6-8-12-17/h6-16,23H,1-5H3. The first-order chi connectivity index (χ1) is 12.8. The van der Waals surface area contributed by atoms with Gasteiger partial charge in [0.1, 0.15) is 0 Å². The highest BCUT2D eigenvalue weighted by Gasteiger charge is 2.44. The van der Waals surface area contributed by atoms with Gasteiger partial charge >= 0.3 is 6.03 Å². The SMILES string of the molecule is CC(C)N(C(=O)N1NC(C)(c2ccccc2)c2ccccc2C1=O)C(C)C. The van der Waals surface area contributed by atoms with Crippen LogP contribution in [0.3, 0.4) is 0 Å². The highest BCUT2D eigenvalue weighted by molar-refractivity contribution is 6.06. The summed E-state index contributed by atoms with van der Waals surface area (Å²) in [6, 6.07) is 17.0. The summed E-state index contributed by atoms with van der Waals surface area (Å²) in [5, 5.41) is 1.18. The van der Waals surface area contributed by atoms with Gasteiger partial charge in [-0.2, -0.15) is 5.01 Å². The first kappa shape index (κ1) is 19.1. The number of benzene rings is 2. The fourth-order valence-corrected chi connectivity index (χ4v) is 3.84. The quantitative estimate of drug-likeness (QED) is 0.889. The third kappa shape index (κ3) is 3.23. The summed E-state index contributed by atoms with van der Waals surface area (Å²) in [4.78, 5) is 28.1. The maximum absolute atomic E-state index is 13.3. The summed E-state index contributed by atoms with van der Waals surface area (Å²) in [6.07, 6.45) is 0. The summed E-state index contributed by atoms with van der Waals surface area (Å²) in [6.45, 7) is 9.82. The molecule has 3 amide bonds. The Hall–Kier alpha value is -2.66. The lowest BCUT2D eigenvalue weighted by Crippen LogP contribution is -2.64. The second-order valence-electron chi connectivity index (χ2n) is 7.67. The largest absolute Gasteiger partial charge is 0.342 e. The third-order valence-electron chi connectivity index (χ3n) is 5.11. The maximum atomic E-state index is 13.3. The Bertz CT molecular complexity index is 840. The molecular formula is C22H27N3O2. The predicted octanol–water partition coefficient (Wildman–Crippen LogP) is 4.15. The fraction of sp³-hybridized carbons (Fsp3) is 0.364. The van der Waals surface area contributed by atoms with Crippen molar-refractivity contribution in [1.82, 2.24) is 15.3 Å². The molecule has 142 valence electrons. The van der Waals surface area contributed by atoms with Crippen LogP contribution in [0.15, 0.2) is 54.6 Å². The van der Waals surface area contributed by atoms with E-state index in [0.717, 1.165) is 11.1 Å². The minimum absolute atomic E-state index is 0.0211. The van der Waals surface area contributed by atoms with Crippen LogP contribution < -0.4 is 5.43 Å². The van der Waals surface area contributed by atoms with Crippen LogP contribution in [0.1, 0.15) is 56.1 Å². The van der Waals surface area contributed by atoms with Crippen LogP contribution >= 0.6 is 0 Å². The lowest BCUT2D eigenvalue weighted by molar-refractivity contribution is 0.0493. The van der Waals surface area contributed by atoms with Gasteiger partial charge in [0.2, 0.25) is 0 Å².